The number of rotatable bonds is 10. The van der Waals surface area contributed by atoms with Crippen molar-refractivity contribution in [3.05, 3.63) is 35.0 Å². The average Bonchev–Trinajstić information content (AvgIpc) is 2.85. The maximum absolute atomic E-state index is 11.8. The summed E-state index contributed by atoms with van der Waals surface area (Å²) in [6, 6.07) is 5.88. The molecule has 2 fully saturated rings. The Bertz CT molecular complexity index is 966. The van der Waals surface area contributed by atoms with Gasteiger partial charge >= 0.3 is 5.97 Å². The highest BCUT2D eigenvalue weighted by atomic mass is 35.5. The number of likely N-dealkylation sites (tertiary alicyclic amines) is 1. The average molecular weight is 487 g/mol. The second kappa shape index (κ2) is 11.7. The molecule has 1 saturated carbocycles. The number of carboxylic acid groups (broad SMARTS) is 1. The van der Waals surface area contributed by atoms with Crippen molar-refractivity contribution >= 4 is 28.5 Å². The molecular weight excluding hydrogens is 448 g/mol. The van der Waals surface area contributed by atoms with E-state index in [4.69, 9.17) is 16.3 Å². The first-order chi connectivity index (χ1) is 16.5. The van der Waals surface area contributed by atoms with E-state index in [0.717, 1.165) is 73.3 Å². The zero-order valence-electron chi connectivity index (χ0n) is 20.5. The molecule has 0 atom stereocenters. The van der Waals surface area contributed by atoms with Gasteiger partial charge in [-0.15, -0.1) is 0 Å². The fraction of sp³-hybridized carbons (Fsp3) is 0.643. The summed E-state index contributed by atoms with van der Waals surface area (Å²) in [4.78, 5) is 18.8. The lowest BCUT2D eigenvalue weighted by molar-refractivity contribution is -0.140. The third kappa shape index (κ3) is 6.42. The quantitative estimate of drug-likeness (QED) is 0.402. The van der Waals surface area contributed by atoms with Gasteiger partial charge < -0.3 is 14.7 Å². The molecule has 1 aromatic carbocycles. The van der Waals surface area contributed by atoms with E-state index in [1.807, 2.05) is 18.2 Å². The number of pyridine rings is 1. The van der Waals surface area contributed by atoms with E-state index < -0.39 is 5.97 Å². The van der Waals surface area contributed by atoms with Gasteiger partial charge in [0.15, 0.2) is 0 Å². The maximum Gasteiger partial charge on any atom is 0.303 e. The van der Waals surface area contributed by atoms with Gasteiger partial charge in [-0.25, -0.2) is 0 Å². The zero-order valence-corrected chi connectivity index (χ0v) is 21.3. The number of halogens is 1. The van der Waals surface area contributed by atoms with Crippen LogP contribution in [0, 0.1) is 11.3 Å². The molecule has 2 heterocycles. The van der Waals surface area contributed by atoms with Gasteiger partial charge in [0.2, 0.25) is 0 Å². The summed E-state index contributed by atoms with van der Waals surface area (Å²) in [5, 5.41) is 11.4. The number of fused-ring (bicyclic) bond motifs is 1. The number of benzene rings is 1. The number of aromatic nitrogens is 1. The highest BCUT2D eigenvalue weighted by molar-refractivity contribution is 6.32. The normalized spacial score (nSPS) is 19.4. The van der Waals surface area contributed by atoms with Crippen LogP contribution < -0.4 is 4.74 Å². The van der Waals surface area contributed by atoms with Gasteiger partial charge in [0.05, 0.1) is 24.1 Å². The van der Waals surface area contributed by atoms with E-state index in [-0.39, 0.29) is 11.8 Å². The van der Waals surface area contributed by atoms with Gasteiger partial charge in [0.1, 0.15) is 5.75 Å². The van der Waals surface area contributed by atoms with E-state index in [1.54, 1.807) is 13.3 Å². The third-order valence-electron chi connectivity index (χ3n) is 8.29. The monoisotopic (exact) mass is 486 g/mol. The molecule has 0 spiro atoms. The van der Waals surface area contributed by atoms with Crippen molar-refractivity contribution in [2.45, 2.75) is 77.0 Å². The summed E-state index contributed by atoms with van der Waals surface area (Å²) in [5.41, 5.74) is 1.88. The minimum absolute atomic E-state index is 0.111. The van der Waals surface area contributed by atoms with Crippen LogP contribution in [-0.2, 0) is 11.2 Å². The van der Waals surface area contributed by atoms with Gasteiger partial charge in [-0.05, 0) is 93.3 Å². The van der Waals surface area contributed by atoms with Crippen molar-refractivity contribution in [3.63, 3.8) is 0 Å². The summed E-state index contributed by atoms with van der Waals surface area (Å²) < 4.78 is 5.40. The van der Waals surface area contributed by atoms with Crippen molar-refractivity contribution in [1.82, 2.24) is 9.88 Å². The lowest BCUT2D eigenvalue weighted by Gasteiger charge is -2.42. The Kier molecular flexibility index (Phi) is 8.70. The first-order valence-corrected chi connectivity index (χ1v) is 13.4. The van der Waals surface area contributed by atoms with Crippen molar-refractivity contribution in [2.24, 2.45) is 11.3 Å². The fourth-order valence-electron chi connectivity index (χ4n) is 6.15. The Hall–Kier alpha value is -1.85. The molecule has 1 saturated heterocycles. The van der Waals surface area contributed by atoms with E-state index in [9.17, 15) is 9.90 Å². The van der Waals surface area contributed by atoms with Crippen molar-refractivity contribution < 1.29 is 14.6 Å². The minimum Gasteiger partial charge on any atom is -0.497 e. The third-order valence-corrected chi connectivity index (χ3v) is 8.61. The first-order valence-electron chi connectivity index (χ1n) is 13.0. The largest absolute Gasteiger partial charge is 0.497 e. The number of carboxylic acids is 1. The number of carbonyl (C=O) groups is 1. The molecule has 1 aromatic heterocycles. The molecule has 34 heavy (non-hydrogen) atoms. The summed E-state index contributed by atoms with van der Waals surface area (Å²) in [7, 11) is 1.66. The van der Waals surface area contributed by atoms with Crippen molar-refractivity contribution in [3.8, 4) is 5.75 Å². The molecule has 0 bridgehead atoms. The topological polar surface area (TPSA) is 62.7 Å². The molecular formula is C28H39ClN2O3. The first kappa shape index (κ1) is 25.2. The second-order valence-electron chi connectivity index (χ2n) is 10.5. The molecule has 4 rings (SSSR count). The van der Waals surface area contributed by atoms with Gasteiger partial charge in [-0.1, -0.05) is 43.7 Å². The fourth-order valence-corrected chi connectivity index (χ4v) is 6.40. The van der Waals surface area contributed by atoms with Gasteiger partial charge in [-0.2, -0.15) is 0 Å². The molecule has 2 aliphatic rings. The lowest BCUT2D eigenvalue weighted by Crippen LogP contribution is -2.42. The summed E-state index contributed by atoms with van der Waals surface area (Å²) in [5.74, 6) is 1.02. The maximum atomic E-state index is 11.8. The SMILES string of the molecule is COc1ccc2ncc(Cl)c(CCCC3(CC(=O)O)CCN(CCC4CCCCC4)CC3)c2c1. The predicted octanol–water partition coefficient (Wildman–Crippen LogP) is 6.75. The van der Waals surface area contributed by atoms with E-state index in [0.29, 0.717) is 5.02 Å². The van der Waals surface area contributed by atoms with E-state index in [2.05, 4.69) is 9.88 Å². The lowest BCUT2D eigenvalue weighted by atomic mass is 9.71. The van der Waals surface area contributed by atoms with Gasteiger partial charge in [0, 0.05) is 11.6 Å². The van der Waals surface area contributed by atoms with Crippen LogP contribution in [0.15, 0.2) is 24.4 Å². The number of methoxy groups -OCH3 is 1. The standard InChI is InChI=1S/C28H39ClN2O3/c1-34-22-9-10-26-24(18-22)23(25(29)20-30-26)8-5-12-28(19-27(32)33)13-16-31(17-14-28)15-11-21-6-3-2-4-7-21/h9-10,18,20-21H,2-8,11-17,19H2,1H3,(H,32,33). The molecule has 1 aliphatic heterocycles. The number of nitrogens with zero attached hydrogens (tertiary/aromatic N) is 2. The summed E-state index contributed by atoms with van der Waals surface area (Å²) in [6.07, 6.45) is 14.9. The Morgan fingerprint density at radius 1 is 1.24 bits per heavy atom. The van der Waals surface area contributed by atoms with Crippen LogP contribution in [0.5, 0.6) is 5.75 Å². The van der Waals surface area contributed by atoms with Crippen LogP contribution in [0.3, 0.4) is 0 Å². The van der Waals surface area contributed by atoms with Crippen LogP contribution in [0.2, 0.25) is 5.02 Å². The van der Waals surface area contributed by atoms with Crippen molar-refractivity contribution in [2.75, 3.05) is 26.7 Å². The van der Waals surface area contributed by atoms with Crippen LogP contribution in [0.4, 0.5) is 0 Å². The molecule has 2 aromatic rings. The molecule has 0 amide bonds. The van der Waals surface area contributed by atoms with Crippen LogP contribution >= 0.6 is 11.6 Å². The number of aliphatic carboxylic acids is 1. The van der Waals surface area contributed by atoms with Crippen molar-refractivity contribution in [1.29, 1.82) is 0 Å². The highest BCUT2D eigenvalue weighted by Crippen LogP contribution is 2.41. The molecule has 186 valence electrons. The smallest absolute Gasteiger partial charge is 0.303 e. The van der Waals surface area contributed by atoms with Crippen LogP contribution in [0.1, 0.15) is 76.2 Å². The number of aryl methyl sites for hydroxylation is 1. The number of piperidine rings is 1. The molecule has 1 aliphatic carbocycles. The van der Waals surface area contributed by atoms with E-state index >= 15 is 0 Å². The summed E-state index contributed by atoms with van der Waals surface area (Å²) >= 11 is 6.55. The molecule has 5 nitrogen and oxygen atoms in total. The van der Waals surface area contributed by atoms with Gasteiger partial charge in [0.25, 0.3) is 0 Å². The molecule has 6 heteroatoms. The zero-order chi connectivity index (χ0) is 24.0. The molecule has 0 radical (unpaired) electrons. The molecule has 0 unspecified atom stereocenters. The predicted molar refractivity (Wildman–Crippen MR) is 138 cm³/mol. The highest BCUT2D eigenvalue weighted by Gasteiger charge is 2.36. The van der Waals surface area contributed by atoms with Gasteiger partial charge in [-0.3, -0.25) is 9.78 Å². The Morgan fingerprint density at radius 2 is 2.00 bits per heavy atom. The van der Waals surface area contributed by atoms with E-state index in [1.165, 1.54) is 45.1 Å². The number of ether oxygens (including phenoxy) is 1. The Balaban J connectivity index is 1.36. The number of hydrogen-bond donors (Lipinski definition) is 1. The Labute approximate surface area is 208 Å². The molecule has 1 N–H and O–H groups in total. The van der Waals surface area contributed by atoms with Crippen LogP contribution in [-0.4, -0.2) is 47.7 Å². The Morgan fingerprint density at radius 3 is 2.71 bits per heavy atom. The van der Waals surface area contributed by atoms with Crippen LogP contribution in [0.25, 0.3) is 10.9 Å². The summed E-state index contributed by atoms with van der Waals surface area (Å²) in [6.45, 7) is 3.22. The number of hydrogen-bond acceptors (Lipinski definition) is 4. The minimum atomic E-state index is -0.673. The second-order valence-corrected chi connectivity index (χ2v) is 10.9.